The molecule has 0 aliphatic carbocycles. The highest BCUT2D eigenvalue weighted by atomic mass is 32.2. The summed E-state index contributed by atoms with van der Waals surface area (Å²) in [6, 6.07) is 15.4. The van der Waals surface area contributed by atoms with Crippen LogP contribution in [0.15, 0.2) is 76.7 Å². The largest absolute Gasteiger partial charge is 0.507 e. The van der Waals surface area contributed by atoms with Crippen molar-refractivity contribution in [3.8, 4) is 5.75 Å². The number of hydrogen-bond acceptors (Lipinski definition) is 7. The molecule has 0 saturated heterocycles. The molecule has 3 aromatic carbocycles. The number of hydrogen-bond donors (Lipinski definition) is 3. The topological polar surface area (TPSA) is 151 Å². The number of phenolic OH excluding ortho intramolecular Hbond substituents is 1. The molecular weight excluding hydrogens is 436 g/mol. The van der Waals surface area contributed by atoms with E-state index in [9.17, 15) is 28.4 Å². The van der Waals surface area contributed by atoms with Crippen LogP contribution in [0.5, 0.6) is 5.75 Å². The molecule has 10 nitrogen and oxygen atoms in total. The summed E-state index contributed by atoms with van der Waals surface area (Å²) in [6.45, 7) is 1.85. The van der Waals surface area contributed by atoms with Gasteiger partial charge in [-0.1, -0.05) is 17.7 Å². The Kier molecular flexibility index (Phi) is 6.50. The second-order valence-electron chi connectivity index (χ2n) is 6.70. The Bertz CT molecular complexity index is 1290. The number of aryl methyl sites for hydroxylation is 1. The van der Waals surface area contributed by atoms with Crippen molar-refractivity contribution in [2.45, 2.75) is 11.8 Å². The summed E-state index contributed by atoms with van der Waals surface area (Å²) in [5.74, 6) is -0.835. The third kappa shape index (κ3) is 5.46. The van der Waals surface area contributed by atoms with Crippen molar-refractivity contribution in [2.24, 2.45) is 5.10 Å². The molecule has 0 atom stereocenters. The van der Waals surface area contributed by atoms with E-state index in [4.69, 9.17) is 0 Å². The molecule has 0 bridgehead atoms. The van der Waals surface area contributed by atoms with E-state index in [1.165, 1.54) is 36.4 Å². The van der Waals surface area contributed by atoms with Crippen molar-refractivity contribution >= 4 is 33.5 Å². The minimum absolute atomic E-state index is 0.0559. The maximum Gasteiger partial charge on any atom is 0.271 e. The van der Waals surface area contributed by atoms with Crippen LogP contribution in [-0.2, 0) is 10.0 Å². The fourth-order valence-corrected chi connectivity index (χ4v) is 3.66. The average Bonchev–Trinajstić information content (AvgIpc) is 2.75. The van der Waals surface area contributed by atoms with Crippen LogP contribution in [-0.4, -0.2) is 30.6 Å². The van der Waals surface area contributed by atoms with Gasteiger partial charge in [-0.05, 0) is 49.4 Å². The van der Waals surface area contributed by atoms with E-state index in [1.807, 2.05) is 6.92 Å². The number of non-ortho nitro benzene ring substituents is 1. The highest BCUT2D eigenvalue weighted by molar-refractivity contribution is 7.92. The number of nitro groups is 1. The molecular formula is C21H18N4O6S. The standard InChI is InChI=1S/C21H18N4O6S/c1-14-2-9-19(10-3-14)32(30,31)24-17-6-4-15(5-7-17)21(27)23-22-13-16-12-18(25(28)29)8-11-20(16)26/h2-13,24,26H,1H3,(H,23,27)/b22-13+. The summed E-state index contributed by atoms with van der Waals surface area (Å²) in [5, 5.41) is 24.2. The van der Waals surface area contributed by atoms with Crippen LogP contribution >= 0.6 is 0 Å². The fourth-order valence-electron chi connectivity index (χ4n) is 2.61. The number of nitrogens with one attached hydrogen (secondary N) is 2. The first-order valence-electron chi connectivity index (χ1n) is 9.16. The molecule has 0 radical (unpaired) electrons. The quantitative estimate of drug-likeness (QED) is 0.283. The zero-order valence-electron chi connectivity index (χ0n) is 16.7. The summed E-state index contributed by atoms with van der Waals surface area (Å²) in [5.41, 5.74) is 3.45. The number of nitro benzene ring substituents is 1. The Morgan fingerprint density at radius 2 is 1.72 bits per heavy atom. The van der Waals surface area contributed by atoms with Gasteiger partial charge in [-0.3, -0.25) is 19.6 Å². The van der Waals surface area contributed by atoms with E-state index in [0.29, 0.717) is 0 Å². The van der Waals surface area contributed by atoms with Gasteiger partial charge >= 0.3 is 0 Å². The van der Waals surface area contributed by atoms with E-state index in [1.54, 1.807) is 12.1 Å². The molecule has 3 aromatic rings. The first kappa shape index (κ1) is 22.4. The number of carbonyl (C=O) groups is 1. The maximum atomic E-state index is 12.4. The molecule has 32 heavy (non-hydrogen) atoms. The summed E-state index contributed by atoms with van der Waals surface area (Å²) < 4.78 is 27.3. The Morgan fingerprint density at radius 1 is 1.06 bits per heavy atom. The SMILES string of the molecule is Cc1ccc(S(=O)(=O)Nc2ccc(C(=O)N/N=C/c3cc([N+](=O)[O-])ccc3O)cc2)cc1. The van der Waals surface area contributed by atoms with Gasteiger partial charge in [-0.2, -0.15) is 5.10 Å². The Balaban J connectivity index is 1.65. The maximum absolute atomic E-state index is 12.4. The first-order valence-corrected chi connectivity index (χ1v) is 10.6. The summed E-state index contributed by atoms with van der Waals surface area (Å²) >= 11 is 0. The van der Waals surface area contributed by atoms with Crippen LogP contribution < -0.4 is 10.1 Å². The molecule has 11 heteroatoms. The van der Waals surface area contributed by atoms with Crippen LogP contribution in [0.2, 0.25) is 0 Å². The number of hydrazone groups is 1. The minimum atomic E-state index is -3.77. The molecule has 0 aliphatic rings. The Labute approximate surface area is 183 Å². The third-order valence-corrected chi connectivity index (χ3v) is 5.72. The average molecular weight is 454 g/mol. The van der Waals surface area contributed by atoms with E-state index in [-0.39, 0.29) is 33.1 Å². The van der Waals surface area contributed by atoms with Gasteiger partial charge in [0.05, 0.1) is 16.0 Å². The molecule has 0 saturated carbocycles. The molecule has 0 fully saturated rings. The zero-order valence-corrected chi connectivity index (χ0v) is 17.5. The van der Waals surface area contributed by atoms with Crippen molar-refractivity contribution in [3.63, 3.8) is 0 Å². The number of anilines is 1. The predicted octanol–water partition coefficient (Wildman–Crippen LogP) is 3.17. The van der Waals surface area contributed by atoms with Crippen molar-refractivity contribution in [1.29, 1.82) is 0 Å². The fraction of sp³-hybridized carbons (Fsp3) is 0.0476. The highest BCUT2D eigenvalue weighted by Crippen LogP contribution is 2.21. The lowest BCUT2D eigenvalue weighted by atomic mass is 10.2. The van der Waals surface area contributed by atoms with E-state index in [2.05, 4.69) is 15.2 Å². The molecule has 0 aliphatic heterocycles. The van der Waals surface area contributed by atoms with Crippen LogP contribution in [0.4, 0.5) is 11.4 Å². The van der Waals surface area contributed by atoms with Crippen molar-refractivity contribution < 1.29 is 23.2 Å². The number of rotatable bonds is 7. The van der Waals surface area contributed by atoms with E-state index < -0.39 is 20.9 Å². The molecule has 0 aromatic heterocycles. The van der Waals surface area contributed by atoms with Crippen molar-refractivity contribution in [3.05, 3.63) is 93.5 Å². The Hall–Kier alpha value is -4.25. The molecule has 3 rings (SSSR count). The molecule has 3 N–H and O–H groups in total. The summed E-state index contributed by atoms with van der Waals surface area (Å²) in [7, 11) is -3.77. The van der Waals surface area contributed by atoms with Gasteiger partial charge in [0, 0.05) is 28.9 Å². The molecule has 164 valence electrons. The third-order valence-electron chi connectivity index (χ3n) is 4.32. The number of amides is 1. The number of sulfonamides is 1. The zero-order chi connectivity index (χ0) is 23.3. The van der Waals surface area contributed by atoms with Gasteiger partial charge in [-0.25, -0.2) is 13.8 Å². The highest BCUT2D eigenvalue weighted by Gasteiger charge is 2.14. The van der Waals surface area contributed by atoms with Crippen LogP contribution in [0, 0.1) is 17.0 Å². The normalized spacial score (nSPS) is 11.3. The van der Waals surface area contributed by atoms with Gasteiger partial charge in [0.1, 0.15) is 5.75 Å². The van der Waals surface area contributed by atoms with Gasteiger partial charge in [0.15, 0.2) is 0 Å². The lowest BCUT2D eigenvalue weighted by molar-refractivity contribution is -0.384. The Morgan fingerprint density at radius 3 is 2.34 bits per heavy atom. The summed E-state index contributed by atoms with van der Waals surface area (Å²) in [4.78, 5) is 22.5. The first-order chi connectivity index (χ1) is 15.2. The van der Waals surface area contributed by atoms with E-state index >= 15 is 0 Å². The van der Waals surface area contributed by atoms with Crippen LogP contribution in [0.25, 0.3) is 0 Å². The van der Waals surface area contributed by atoms with Gasteiger partial charge in [0.2, 0.25) is 0 Å². The number of nitrogens with zero attached hydrogens (tertiary/aromatic N) is 2. The minimum Gasteiger partial charge on any atom is -0.507 e. The molecule has 0 heterocycles. The van der Waals surface area contributed by atoms with Crippen LogP contribution in [0.3, 0.4) is 0 Å². The second kappa shape index (κ2) is 9.27. The van der Waals surface area contributed by atoms with Crippen LogP contribution in [0.1, 0.15) is 21.5 Å². The summed E-state index contributed by atoms with van der Waals surface area (Å²) in [6.07, 6.45) is 1.07. The molecule has 1 amide bonds. The number of carbonyl (C=O) groups excluding carboxylic acids is 1. The monoisotopic (exact) mass is 454 g/mol. The number of phenols is 1. The predicted molar refractivity (Wildman–Crippen MR) is 118 cm³/mol. The van der Waals surface area contributed by atoms with Gasteiger partial charge in [0.25, 0.3) is 21.6 Å². The van der Waals surface area contributed by atoms with Crippen molar-refractivity contribution in [1.82, 2.24) is 5.43 Å². The lowest BCUT2D eigenvalue weighted by Gasteiger charge is -2.09. The number of benzene rings is 3. The van der Waals surface area contributed by atoms with E-state index in [0.717, 1.165) is 30.0 Å². The number of aromatic hydroxyl groups is 1. The van der Waals surface area contributed by atoms with Crippen molar-refractivity contribution in [2.75, 3.05) is 4.72 Å². The molecule has 0 spiro atoms. The lowest BCUT2D eigenvalue weighted by Crippen LogP contribution is -2.18. The second-order valence-corrected chi connectivity index (χ2v) is 8.38. The van der Waals surface area contributed by atoms with Gasteiger partial charge < -0.3 is 5.11 Å². The smallest absolute Gasteiger partial charge is 0.271 e. The van der Waals surface area contributed by atoms with Gasteiger partial charge in [-0.15, -0.1) is 0 Å². The molecule has 0 unspecified atom stereocenters.